The van der Waals surface area contributed by atoms with Gasteiger partial charge in [-0.25, -0.2) is 0 Å². The van der Waals surface area contributed by atoms with Gasteiger partial charge in [0.25, 0.3) is 11.6 Å². The summed E-state index contributed by atoms with van der Waals surface area (Å²) in [7, 11) is 1.62. The summed E-state index contributed by atoms with van der Waals surface area (Å²) in [6.07, 6.45) is 1.83. The zero-order chi connectivity index (χ0) is 16.4. The second-order valence-corrected chi connectivity index (χ2v) is 5.43. The summed E-state index contributed by atoms with van der Waals surface area (Å²) in [6.45, 7) is 0.622. The first-order valence-corrected chi connectivity index (χ1v) is 7.48. The maximum Gasteiger partial charge on any atom is 0.293 e. The molecule has 1 N–H and O–H groups in total. The van der Waals surface area contributed by atoms with Crippen LogP contribution in [0.5, 0.6) is 0 Å². The maximum absolute atomic E-state index is 12.8. The Morgan fingerprint density at radius 3 is 2.78 bits per heavy atom. The molecule has 0 radical (unpaired) electrons. The Morgan fingerprint density at radius 1 is 1.26 bits per heavy atom. The van der Waals surface area contributed by atoms with E-state index in [1.165, 1.54) is 6.07 Å². The largest absolute Gasteiger partial charge is 0.383 e. The van der Waals surface area contributed by atoms with E-state index in [0.717, 1.165) is 24.1 Å². The molecular weight excluding hydrogens is 294 g/mol. The minimum absolute atomic E-state index is 0.0938. The van der Waals surface area contributed by atoms with Crippen molar-refractivity contribution in [1.29, 1.82) is 0 Å². The molecule has 2 aromatic rings. The molecule has 0 saturated heterocycles. The average molecular weight is 311 g/mol. The van der Waals surface area contributed by atoms with Crippen LogP contribution in [0.15, 0.2) is 42.5 Å². The number of nitrogens with one attached hydrogen (secondary N) is 1. The van der Waals surface area contributed by atoms with Gasteiger partial charge in [-0.1, -0.05) is 18.2 Å². The van der Waals surface area contributed by atoms with Gasteiger partial charge >= 0.3 is 0 Å². The van der Waals surface area contributed by atoms with Crippen molar-refractivity contribution in [3.63, 3.8) is 0 Å². The van der Waals surface area contributed by atoms with Crippen LogP contribution in [-0.4, -0.2) is 24.4 Å². The van der Waals surface area contributed by atoms with Crippen LogP contribution in [0, 0.1) is 10.1 Å². The zero-order valence-corrected chi connectivity index (χ0v) is 12.8. The van der Waals surface area contributed by atoms with Crippen LogP contribution < -0.4 is 10.2 Å². The van der Waals surface area contributed by atoms with Gasteiger partial charge in [0, 0.05) is 30.9 Å². The van der Waals surface area contributed by atoms with Crippen LogP contribution in [0.2, 0.25) is 0 Å². The van der Waals surface area contributed by atoms with E-state index < -0.39 is 4.92 Å². The number of nitro groups is 1. The number of carbonyl (C=O) groups is 1. The summed E-state index contributed by atoms with van der Waals surface area (Å²) >= 11 is 0. The van der Waals surface area contributed by atoms with Crippen molar-refractivity contribution in [2.24, 2.45) is 0 Å². The molecule has 118 valence electrons. The average Bonchev–Trinajstić information content (AvgIpc) is 2.60. The molecule has 0 fully saturated rings. The highest BCUT2D eigenvalue weighted by molar-refractivity contribution is 6.07. The van der Waals surface area contributed by atoms with E-state index in [1.807, 2.05) is 24.3 Å². The molecule has 1 aliphatic heterocycles. The monoisotopic (exact) mass is 311 g/mol. The van der Waals surface area contributed by atoms with Gasteiger partial charge in [0.1, 0.15) is 5.69 Å². The Balaban J connectivity index is 1.99. The van der Waals surface area contributed by atoms with E-state index in [4.69, 9.17) is 0 Å². The normalized spacial score (nSPS) is 13.3. The third-order valence-corrected chi connectivity index (χ3v) is 4.07. The van der Waals surface area contributed by atoms with E-state index >= 15 is 0 Å². The minimum Gasteiger partial charge on any atom is -0.383 e. The van der Waals surface area contributed by atoms with Gasteiger partial charge in [0.05, 0.1) is 4.92 Å². The highest BCUT2D eigenvalue weighted by Crippen LogP contribution is 2.30. The smallest absolute Gasteiger partial charge is 0.293 e. The van der Waals surface area contributed by atoms with E-state index in [-0.39, 0.29) is 11.6 Å². The van der Waals surface area contributed by atoms with Crippen LogP contribution in [0.3, 0.4) is 0 Å². The number of aryl methyl sites for hydroxylation is 1. The van der Waals surface area contributed by atoms with Crippen molar-refractivity contribution in [2.75, 3.05) is 23.8 Å². The Hall–Kier alpha value is -2.89. The van der Waals surface area contributed by atoms with Gasteiger partial charge in [0.15, 0.2) is 0 Å². The van der Waals surface area contributed by atoms with E-state index in [1.54, 1.807) is 24.1 Å². The van der Waals surface area contributed by atoms with Gasteiger partial charge in [-0.15, -0.1) is 0 Å². The Kier molecular flexibility index (Phi) is 3.97. The number of carbonyl (C=O) groups excluding carboxylic acids is 1. The quantitative estimate of drug-likeness (QED) is 0.697. The number of nitro benzene ring substituents is 1. The molecule has 23 heavy (non-hydrogen) atoms. The van der Waals surface area contributed by atoms with Crippen molar-refractivity contribution in [3.8, 4) is 0 Å². The number of hydrogen-bond acceptors (Lipinski definition) is 4. The molecule has 0 unspecified atom stereocenters. The van der Waals surface area contributed by atoms with Gasteiger partial charge in [0.2, 0.25) is 0 Å². The van der Waals surface area contributed by atoms with Crippen LogP contribution >= 0.6 is 0 Å². The highest BCUT2D eigenvalue weighted by Gasteiger charge is 2.25. The molecule has 1 amide bonds. The Bertz CT molecular complexity index is 773. The first-order chi connectivity index (χ1) is 11.1. The topological polar surface area (TPSA) is 75.5 Å². The third-order valence-electron chi connectivity index (χ3n) is 4.07. The van der Waals surface area contributed by atoms with Crippen LogP contribution in [-0.2, 0) is 6.42 Å². The van der Waals surface area contributed by atoms with Crippen molar-refractivity contribution in [3.05, 3.63) is 63.7 Å². The Morgan fingerprint density at radius 2 is 2.04 bits per heavy atom. The van der Waals surface area contributed by atoms with E-state index in [0.29, 0.717) is 17.8 Å². The number of amides is 1. The van der Waals surface area contributed by atoms with Crippen molar-refractivity contribution in [2.45, 2.75) is 12.8 Å². The van der Waals surface area contributed by atoms with Gasteiger partial charge in [-0.3, -0.25) is 14.9 Å². The summed E-state index contributed by atoms with van der Waals surface area (Å²) < 4.78 is 0. The fourth-order valence-electron chi connectivity index (χ4n) is 2.93. The molecule has 0 atom stereocenters. The van der Waals surface area contributed by atoms with Crippen molar-refractivity contribution >= 4 is 23.0 Å². The number of benzene rings is 2. The molecule has 2 aromatic carbocycles. The molecule has 6 heteroatoms. The van der Waals surface area contributed by atoms with Gasteiger partial charge < -0.3 is 10.2 Å². The molecule has 0 saturated carbocycles. The maximum atomic E-state index is 12.8. The highest BCUT2D eigenvalue weighted by atomic mass is 16.6. The number of nitrogens with zero attached hydrogens (tertiary/aromatic N) is 2. The molecular formula is C17H17N3O3. The predicted molar refractivity (Wildman–Crippen MR) is 89.1 cm³/mol. The molecule has 0 aliphatic carbocycles. The summed E-state index contributed by atoms with van der Waals surface area (Å²) in [5.74, 6) is -0.206. The lowest BCUT2D eigenvalue weighted by atomic mass is 10.0. The second-order valence-electron chi connectivity index (χ2n) is 5.43. The number of rotatable bonds is 3. The lowest BCUT2D eigenvalue weighted by Crippen LogP contribution is -2.35. The fourth-order valence-corrected chi connectivity index (χ4v) is 2.93. The summed E-state index contributed by atoms with van der Waals surface area (Å²) in [5.41, 5.74) is 2.65. The summed E-state index contributed by atoms with van der Waals surface area (Å²) in [6, 6.07) is 12.3. The third kappa shape index (κ3) is 2.75. The minimum atomic E-state index is -0.479. The molecule has 1 aliphatic rings. The van der Waals surface area contributed by atoms with Gasteiger partial charge in [-0.2, -0.15) is 0 Å². The van der Waals surface area contributed by atoms with Crippen LogP contribution in [0.1, 0.15) is 22.3 Å². The molecule has 1 heterocycles. The van der Waals surface area contributed by atoms with Crippen molar-refractivity contribution in [1.82, 2.24) is 0 Å². The zero-order valence-electron chi connectivity index (χ0n) is 12.8. The lowest BCUT2D eigenvalue weighted by molar-refractivity contribution is -0.384. The van der Waals surface area contributed by atoms with Gasteiger partial charge in [-0.05, 0) is 36.6 Å². The molecule has 0 bridgehead atoms. The van der Waals surface area contributed by atoms with E-state index in [9.17, 15) is 14.9 Å². The first kappa shape index (κ1) is 15.0. The molecule has 3 rings (SSSR count). The predicted octanol–water partition coefficient (Wildman–Crippen LogP) is 3.23. The number of para-hydroxylation sites is 1. The summed E-state index contributed by atoms with van der Waals surface area (Å²) in [4.78, 5) is 25.2. The van der Waals surface area contributed by atoms with Crippen molar-refractivity contribution < 1.29 is 9.72 Å². The number of hydrogen-bond donors (Lipinski definition) is 1. The second kappa shape index (κ2) is 6.08. The number of fused-ring (bicyclic) bond motifs is 1. The lowest BCUT2D eigenvalue weighted by Gasteiger charge is -2.29. The van der Waals surface area contributed by atoms with E-state index in [2.05, 4.69) is 5.32 Å². The first-order valence-electron chi connectivity index (χ1n) is 7.48. The molecule has 6 nitrogen and oxygen atoms in total. The molecule has 0 aromatic heterocycles. The Labute approximate surface area is 133 Å². The van der Waals surface area contributed by atoms with Crippen LogP contribution in [0.4, 0.5) is 17.1 Å². The number of anilines is 2. The fraction of sp³-hybridized carbons (Fsp3) is 0.235. The molecule has 0 spiro atoms. The van der Waals surface area contributed by atoms with Crippen LogP contribution in [0.25, 0.3) is 0 Å². The SMILES string of the molecule is CNc1ccc(C(=O)N2CCCc3ccccc32)cc1[N+](=O)[O-]. The standard InChI is InChI=1S/C17H17N3O3/c1-18-14-9-8-13(11-16(14)20(22)23)17(21)19-10-4-6-12-5-2-3-7-15(12)19/h2-3,5,7-9,11,18H,4,6,10H2,1H3. The summed E-state index contributed by atoms with van der Waals surface area (Å²) in [5, 5.41) is 13.9.